The van der Waals surface area contributed by atoms with E-state index in [0.717, 1.165) is 5.56 Å². The van der Waals surface area contributed by atoms with Crippen molar-refractivity contribution in [2.45, 2.75) is 0 Å². The van der Waals surface area contributed by atoms with Gasteiger partial charge in [-0.05, 0) is 23.8 Å². The molecule has 0 fully saturated rings. The van der Waals surface area contributed by atoms with Crippen LogP contribution in [0.15, 0.2) is 64.7 Å². The van der Waals surface area contributed by atoms with Gasteiger partial charge < -0.3 is 4.74 Å². The second kappa shape index (κ2) is 8.70. The first-order chi connectivity index (χ1) is 11.1. The second-order valence-corrected chi connectivity index (χ2v) is 4.92. The Labute approximate surface area is 138 Å². The van der Waals surface area contributed by atoms with Crippen LogP contribution < -0.4 is 10.2 Å². The highest BCUT2D eigenvalue weighted by Gasteiger charge is 2.02. The quantitative estimate of drug-likeness (QED) is 0.649. The van der Waals surface area contributed by atoms with Crippen LogP contribution in [0.1, 0.15) is 5.56 Å². The molecule has 0 aliphatic carbocycles. The van der Waals surface area contributed by atoms with Crippen molar-refractivity contribution in [1.82, 2.24) is 5.43 Å². The van der Waals surface area contributed by atoms with E-state index in [-0.39, 0.29) is 12.4 Å². The van der Waals surface area contributed by atoms with E-state index in [0.29, 0.717) is 5.03 Å². The molecular weight excluding hydrogens is 319 g/mol. The van der Waals surface area contributed by atoms with Crippen molar-refractivity contribution in [3.8, 4) is 5.75 Å². The summed E-state index contributed by atoms with van der Waals surface area (Å²) >= 11 is 5.98. The lowest BCUT2D eigenvalue weighted by Crippen LogP contribution is -2.24. The second-order valence-electron chi connectivity index (χ2n) is 4.48. The molecular formula is C17H14ClFN2O2. The average molecular weight is 333 g/mol. The van der Waals surface area contributed by atoms with Crippen molar-refractivity contribution >= 4 is 29.8 Å². The van der Waals surface area contributed by atoms with Gasteiger partial charge in [-0.3, -0.25) is 4.79 Å². The molecule has 0 saturated heterocycles. The molecule has 6 heteroatoms. The van der Waals surface area contributed by atoms with Crippen molar-refractivity contribution in [3.63, 3.8) is 0 Å². The van der Waals surface area contributed by atoms with Crippen molar-refractivity contribution in [1.29, 1.82) is 0 Å². The Morgan fingerprint density at radius 1 is 1.22 bits per heavy atom. The van der Waals surface area contributed by atoms with Gasteiger partial charge in [0.15, 0.2) is 6.61 Å². The number of hydrazone groups is 1. The molecule has 2 rings (SSSR count). The van der Waals surface area contributed by atoms with Crippen LogP contribution in [-0.2, 0) is 4.79 Å². The van der Waals surface area contributed by atoms with Crippen LogP contribution in [0.25, 0.3) is 6.08 Å². The van der Waals surface area contributed by atoms with E-state index < -0.39 is 11.7 Å². The van der Waals surface area contributed by atoms with Crippen LogP contribution in [0.5, 0.6) is 5.75 Å². The fraction of sp³-hybridized carbons (Fsp3) is 0.0588. The molecule has 0 saturated carbocycles. The first-order valence-corrected chi connectivity index (χ1v) is 7.14. The van der Waals surface area contributed by atoms with Crippen LogP contribution in [0, 0.1) is 5.82 Å². The zero-order valence-corrected chi connectivity index (χ0v) is 12.8. The van der Waals surface area contributed by atoms with Gasteiger partial charge in [0.1, 0.15) is 11.6 Å². The predicted molar refractivity (Wildman–Crippen MR) is 88.8 cm³/mol. The summed E-state index contributed by atoms with van der Waals surface area (Å²) in [6.45, 7) is -0.277. The largest absolute Gasteiger partial charge is 0.484 e. The van der Waals surface area contributed by atoms with Gasteiger partial charge in [-0.25, -0.2) is 9.82 Å². The fourth-order valence-electron chi connectivity index (χ4n) is 1.65. The fourth-order valence-corrected chi connectivity index (χ4v) is 1.82. The predicted octanol–water partition coefficient (Wildman–Crippen LogP) is 3.59. The Balaban J connectivity index is 1.78. The Bertz CT molecular complexity index is 718. The van der Waals surface area contributed by atoms with Crippen LogP contribution in [0.2, 0.25) is 0 Å². The number of allylic oxidation sites excluding steroid dienone is 1. The van der Waals surface area contributed by atoms with Gasteiger partial charge >= 0.3 is 0 Å². The molecule has 0 spiro atoms. The molecule has 0 bridgehead atoms. The Morgan fingerprint density at radius 2 is 2.00 bits per heavy atom. The molecule has 1 N–H and O–H groups in total. The van der Waals surface area contributed by atoms with Crippen molar-refractivity contribution in [2.24, 2.45) is 5.10 Å². The molecule has 2 aromatic carbocycles. The maximum Gasteiger partial charge on any atom is 0.277 e. The lowest BCUT2D eigenvalue weighted by atomic mass is 10.2. The first-order valence-electron chi connectivity index (χ1n) is 6.76. The molecule has 0 heterocycles. The highest BCUT2D eigenvalue weighted by atomic mass is 35.5. The number of nitrogens with one attached hydrogen (secondary N) is 1. The SMILES string of the molecule is O=C(COc1cccc(F)c1)N/N=C\C(Cl)=C\c1ccccc1. The number of halogens is 2. The molecule has 0 atom stereocenters. The third-order valence-electron chi connectivity index (χ3n) is 2.65. The number of carbonyl (C=O) groups is 1. The zero-order chi connectivity index (χ0) is 16.5. The molecule has 0 aliphatic rings. The van der Waals surface area contributed by atoms with Crippen LogP contribution >= 0.6 is 11.6 Å². The lowest BCUT2D eigenvalue weighted by molar-refractivity contribution is -0.123. The van der Waals surface area contributed by atoms with E-state index in [9.17, 15) is 9.18 Å². The number of ether oxygens (including phenoxy) is 1. The van der Waals surface area contributed by atoms with Gasteiger partial charge in [0.25, 0.3) is 5.91 Å². The maximum atomic E-state index is 12.9. The van der Waals surface area contributed by atoms with Gasteiger partial charge in [-0.2, -0.15) is 5.10 Å². The summed E-state index contributed by atoms with van der Waals surface area (Å²) in [6.07, 6.45) is 3.02. The highest BCUT2D eigenvalue weighted by Crippen LogP contribution is 2.11. The van der Waals surface area contributed by atoms with E-state index in [1.54, 1.807) is 12.1 Å². The number of hydrogen-bond donors (Lipinski definition) is 1. The van der Waals surface area contributed by atoms with E-state index in [1.807, 2.05) is 30.3 Å². The summed E-state index contributed by atoms with van der Waals surface area (Å²) in [5, 5.41) is 4.08. The molecule has 4 nitrogen and oxygen atoms in total. The molecule has 0 aromatic heterocycles. The minimum atomic E-state index is -0.477. The number of amides is 1. The molecule has 1 amide bonds. The van der Waals surface area contributed by atoms with E-state index in [4.69, 9.17) is 16.3 Å². The van der Waals surface area contributed by atoms with Gasteiger partial charge in [-0.15, -0.1) is 0 Å². The number of hydrogen-bond acceptors (Lipinski definition) is 3. The monoisotopic (exact) mass is 332 g/mol. The van der Waals surface area contributed by atoms with Gasteiger partial charge in [-0.1, -0.05) is 48.0 Å². The Kier molecular flexibility index (Phi) is 6.32. The van der Waals surface area contributed by atoms with Crippen molar-refractivity contribution in [2.75, 3.05) is 6.61 Å². The highest BCUT2D eigenvalue weighted by molar-refractivity contribution is 6.41. The summed E-state index contributed by atoms with van der Waals surface area (Å²) in [6, 6.07) is 15.0. The third kappa shape index (κ3) is 6.32. The van der Waals surface area contributed by atoms with E-state index in [2.05, 4.69) is 10.5 Å². The lowest BCUT2D eigenvalue weighted by Gasteiger charge is -2.04. The minimum Gasteiger partial charge on any atom is -0.484 e. The zero-order valence-electron chi connectivity index (χ0n) is 12.1. The Hall–Kier alpha value is -2.66. The molecule has 0 radical (unpaired) electrons. The summed E-state index contributed by atoms with van der Waals surface area (Å²) < 4.78 is 18.1. The van der Waals surface area contributed by atoms with Crippen LogP contribution in [0.3, 0.4) is 0 Å². The summed E-state index contributed by atoms with van der Waals surface area (Å²) in [5.41, 5.74) is 3.19. The molecule has 23 heavy (non-hydrogen) atoms. The summed E-state index contributed by atoms with van der Waals surface area (Å²) in [5.74, 6) is -0.639. The van der Waals surface area contributed by atoms with Crippen LogP contribution in [-0.4, -0.2) is 18.7 Å². The molecule has 0 unspecified atom stereocenters. The topological polar surface area (TPSA) is 50.7 Å². The summed E-state index contributed by atoms with van der Waals surface area (Å²) in [7, 11) is 0. The maximum absolute atomic E-state index is 12.9. The van der Waals surface area contributed by atoms with Crippen molar-refractivity contribution in [3.05, 3.63) is 71.0 Å². The Morgan fingerprint density at radius 3 is 2.74 bits per heavy atom. The first kappa shape index (κ1) is 16.7. The van der Waals surface area contributed by atoms with Crippen molar-refractivity contribution < 1.29 is 13.9 Å². The van der Waals surface area contributed by atoms with E-state index >= 15 is 0 Å². The standard InChI is InChI=1S/C17H14ClFN2O2/c18-14(9-13-5-2-1-3-6-13)11-20-21-17(22)12-23-16-8-4-7-15(19)10-16/h1-11H,12H2,(H,21,22)/b14-9-,20-11-. The average Bonchev–Trinajstić information content (AvgIpc) is 2.54. The molecule has 0 aliphatic heterocycles. The normalized spacial score (nSPS) is 11.5. The van der Waals surface area contributed by atoms with E-state index in [1.165, 1.54) is 24.4 Å². The smallest absolute Gasteiger partial charge is 0.277 e. The van der Waals surface area contributed by atoms with Gasteiger partial charge in [0.05, 0.1) is 11.2 Å². The number of rotatable bonds is 6. The number of benzene rings is 2. The third-order valence-corrected chi connectivity index (χ3v) is 2.85. The van der Waals surface area contributed by atoms with Gasteiger partial charge in [0, 0.05) is 6.07 Å². The minimum absolute atomic E-state index is 0.270. The molecule has 118 valence electrons. The number of nitrogens with zero attached hydrogens (tertiary/aromatic N) is 1. The van der Waals surface area contributed by atoms with Gasteiger partial charge in [0.2, 0.25) is 0 Å². The summed E-state index contributed by atoms with van der Waals surface area (Å²) in [4.78, 5) is 11.5. The number of carbonyl (C=O) groups excluding carboxylic acids is 1. The van der Waals surface area contributed by atoms with Crippen LogP contribution in [0.4, 0.5) is 4.39 Å². The molecule has 2 aromatic rings.